The Morgan fingerprint density at radius 3 is 2.30 bits per heavy atom. The summed E-state index contributed by atoms with van der Waals surface area (Å²) in [6.45, 7) is 0. The summed E-state index contributed by atoms with van der Waals surface area (Å²) in [6, 6.07) is 7.29. The number of aromatic nitrogens is 8. The van der Waals surface area contributed by atoms with Gasteiger partial charge in [-0.2, -0.15) is 15.2 Å². The minimum Gasteiger partial charge on any atom is -0.294 e. The molecule has 134 valence electrons. The highest BCUT2D eigenvalue weighted by molar-refractivity contribution is 7.99. The molecule has 0 radical (unpaired) electrons. The van der Waals surface area contributed by atoms with E-state index < -0.39 is 0 Å². The van der Waals surface area contributed by atoms with E-state index in [0.29, 0.717) is 16.8 Å². The van der Waals surface area contributed by atoms with Crippen molar-refractivity contribution in [1.82, 2.24) is 40.3 Å². The number of H-pyrrole nitrogens is 2. The third kappa shape index (κ3) is 4.15. The molecule has 0 bridgehead atoms. The minimum absolute atomic E-state index is 0.143. The number of anilines is 1. The summed E-state index contributed by atoms with van der Waals surface area (Å²) in [5.74, 6) is 1.16. The molecule has 0 unspecified atom stereocenters. The molecule has 0 aliphatic heterocycles. The molecule has 0 aliphatic carbocycles. The third-order valence-corrected chi connectivity index (χ3v) is 4.25. The van der Waals surface area contributed by atoms with E-state index in [0.717, 1.165) is 11.1 Å². The highest BCUT2D eigenvalue weighted by Crippen LogP contribution is 2.18. The number of rotatable bonds is 6. The van der Waals surface area contributed by atoms with E-state index in [-0.39, 0.29) is 17.6 Å². The average Bonchev–Trinajstić information content (AvgIpc) is 3.37. The maximum atomic E-state index is 12.1. The second kappa shape index (κ2) is 7.74. The number of nitrogens with one attached hydrogen (secondary N) is 3. The van der Waals surface area contributed by atoms with Gasteiger partial charge in [0.05, 0.1) is 5.75 Å². The molecule has 4 aromatic heterocycles. The summed E-state index contributed by atoms with van der Waals surface area (Å²) >= 11 is 1.23. The van der Waals surface area contributed by atoms with E-state index in [1.54, 1.807) is 30.9 Å². The van der Waals surface area contributed by atoms with Crippen LogP contribution in [0.4, 0.5) is 5.95 Å². The summed E-state index contributed by atoms with van der Waals surface area (Å²) in [4.78, 5) is 28.7. The Morgan fingerprint density at radius 2 is 1.63 bits per heavy atom. The third-order valence-electron chi connectivity index (χ3n) is 3.39. The monoisotopic (exact) mass is 379 g/mol. The van der Waals surface area contributed by atoms with Crippen molar-refractivity contribution < 1.29 is 4.79 Å². The second-order valence-electron chi connectivity index (χ2n) is 5.29. The van der Waals surface area contributed by atoms with Gasteiger partial charge in [0.15, 0.2) is 16.8 Å². The first-order valence-electron chi connectivity index (χ1n) is 7.86. The van der Waals surface area contributed by atoms with Gasteiger partial charge >= 0.3 is 0 Å². The fourth-order valence-electron chi connectivity index (χ4n) is 2.18. The second-order valence-corrected chi connectivity index (χ2v) is 6.26. The van der Waals surface area contributed by atoms with Crippen LogP contribution >= 0.6 is 11.8 Å². The lowest BCUT2D eigenvalue weighted by molar-refractivity contribution is -0.113. The fourth-order valence-corrected chi connectivity index (χ4v) is 2.78. The topological polar surface area (TPSA) is 138 Å². The van der Waals surface area contributed by atoms with Gasteiger partial charge in [0.1, 0.15) is 0 Å². The van der Waals surface area contributed by atoms with Crippen LogP contribution < -0.4 is 5.32 Å². The number of carbonyl (C=O) groups is 1. The molecule has 11 heteroatoms. The van der Waals surface area contributed by atoms with Crippen molar-refractivity contribution in [2.75, 3.05) is 11.1 Å². The maximum Gasteiger partial charge on any atom is 0.237 e. The SMILES string of the molecule is O=C(CSc1nc(-c2cccnc2)n[nH]1)Nc1nc(-c2cccnc2)n[nH]1. The average molecular weight is 379 g/mol. The molecule has 0 saturated carbocycles. The number of carbonyl (C=O) groups excluding carboxylic acids is 1. The first-order valence-corrected chi connectivity index (χ1v) is 8.85. The summed E-state index contributed by atoms with van der Waals surface area (Å²) in [6.07, 6.45) is 6.67. The van der Waals surface area contributed by atoms with Crippen molar-refractivity contribution in [2.45, 2.75) is 5.16 Å². The number of hydrogen-bond acceptors (Lipinski definition) is 8. The fraction of sp³-hybridized carbons (Fsp3) is 0.0625. The van der Waals surface area contributed by atoms with Crippen molar-refractivity contribution in [3.8, 4) is 22.8 Å². The molecule has 4 rings (SSSR count). The predicted molar refractivity (Wildman–Crippen MR) is 98.6 cm³/mol. The van der Waals surface area contributed by atoms with Gasteiger partial charge in [-0.15, -0.1) is 0 Å². The number of thioether (sulfide) groups is 1. The molecule has 4 heterocycles. The van der Waals surface area contributed by atoms with Crippen LogP contribution in [0.5, 0.6) is 0 Å². The summed E-state index contributed by atoms with van der Waals surface area (Å²) < 4.78 is 0. The Bertz CT molecular complexity index is 1030. The predicted octanol–water partition coefficient (Wildman–Crippen LogP) is 1.78. The molecule has 0 fully saturated rings. The Labute approximate surface area is 157 Å². The quantitative estimate of drug-likeness (QED) is 0.431. The number of nitrogens with zero attached hydrogens (tertiary/aromatic N) is 6. The summed E-state index contributed by atoms with van der Waals surface area (Å²) in [5.41, 5.74) is 1.56. The van der Waals surface area contributed by atoms with E-state index >= 15 is 0 Å². The standard InChI is InChI=1S/C16H13N9OS/c26-12(19-15-20-13(22-24-15)10-3-1-5-17-7-10)9-27-16-21-14(23-25-16)11-4-2-6-18-8-11/h1-8H,9H2,(H,21,23,25)(H2,19,20,22,24,26). The van der Waals surface area contributed by atoms with E-state index in [2.05, 4.69) is 45.6 Å². The molecule has 10 nitrogen and oxygen atoms in total. The summed E-state index contributed by atoms with van der Waals surface area (Å²) in [7, 11) is 0. The van der Waals surface area contributed by atoms with E-state index in [1.807, 2.05) is 18.2 Å². The van der Waals surface area contributed by atoms with Crippen molar-refractivity contribution in [3.63, 3.8) is 0 Å². The van der Waals surface area contributed by atoms with Gasteiger partial charge in [0.2, 0.25) is 11.9 Å². The highest BCUT2D eigenvalue weighted by Gasteiger charge is 2.11. The smallest absolute Gasteiger partial charge is 0.237 e. The number of pyridine rings is 2. The lowest BCUT2D eigenvalue weighted by Crippen LogP contribution is -2.15. The molecule has 0 aromatic carbocycles. The molecular weight excluding hydrogens is 366 g/mol. The van der Waals surface area contributed by atoms with Gasteiger partial charge in [0.25, 0.3) is 0 Å². The molecule has 0 spiro atoms. The Kier molecular flexibility index (Phi) is 4.83. The van der Waals surface area contributed by atoms with Crippen LogP contribution in [-0.4, -0.2) is 52.0 Å². The zero-order valence-electron chi connectivity index (χ0n) is 13.8. The molecule has 0 saturated heterocycles. The van der Waals surface area contributed by atoms with Gasteiger partial charge in [-0.05, 0) is 24.3 Å². The first-order chi connectivity index (χ1) is 13.3. The van der Waals surface area contributed by atoms with Crippen molar-refractivity contribution >= 4 is 23.6 Å². The molecule has 4 aromatic rings. The van der Waals surface area contributed by atoms with Crippen LogP contribution in [0, 0.1) is 0 Å². The van der Waals surface area contributed by atoms with Crippen LogP contribution in [0.3, 0.4) is 0 Å². The molecule has 27 heavy (non-hydrogen) atoms. The molecule has 1 amide bonds. The highest BCUT2D eigenvalue weighted by atomic mass is 32.2. The van der Waals surface area contributed by atoms with Crippen LogP contribution in [0.1, 0.15) is 0 Å². The first kappa shape index (κ1) is 16.8. The number of amides is 1. The maximum absolute atomic E-state index is 12.1. The van der Waals surface area contributed by atoms with Crippen LogP contribution in [0.15, 0.2) is 54.2 Å². The molecule has 0 aliphatic rings. The van der Waals surface area contributed by atoms with Crippen molar-refractivity contribution in [1.29, 1.82) is 0 Å². The summed E-state index contributed by atoms with van der Waals surface area (Å²) in [5, 5.41) is 16.9. The molecule has 0 atom stereocenters. The Balaban J connectivity index is 1.33. The van der Waals surface area contributed by atoms with Gasteiger partial charge < -0.3 is 0 Å². The zero-order valence-corrected chi connectivity index (χ0v) is 14.6. The van der Waals surface area contributed by atoms with Gasteiger partial charge in [0, 0.05) is 35.9 Å². The van der Waals surface area contributed by atoms with Gasteiger partial charge in [-0.1, -0.05) is 11.8 Å². The molecule has 3 N–H and O–H groups in total. The van der Waals surface area contributed by atoms with Crippen molar-refractivity contribution in [2.24, 2.45) is 0 Å². The number of aromatic amines is 2. The van der Waals surface area contributed by atoms with Gasteiger partial charge in [-0.25, -0.2) is 10.1 Å². The van der Waals surface area contributed by atoms with Gasteiger partial charge in [-0.3, -0.25) is 25.2 Å². The normalized spacial score (nSPS) is 10.7. The van der Waals surface area contributed by atoms with Crippen LogP contribution in [-0.2, 0) is 4.79 Å². The molecular formula is C16H13N9OS. The zero-order chi connectivity index (χ0) is 18.5. The Morgan fingerprint density at radius 1 is 0.963 bits per heavy atom. The van der Waals surface area contributed by atoms with Crippen molar-refractivity contribution in [3.05, 3.63) is 49.1 Å². The lowest BCUT2D eigenvalue weighted by Gasteiger charge is -1.99. The largest absolute Gasteiger partial charge is 0.294 e. The lowest BCUT2D eigenvalue weighted by atomic mass is 10.3. The van der Waals surface area contributed by atoms with E-state index in [9.17, 15) is 4.79 Å². The minimum atomic E-state index is -0.242. The van der Waals surface area contributed by atoms with Crippen LogP contribution in [0.25, 0.3) is 22.8 Å². The van der Waals surface area contributed by atoms with Crippen LogP contribution in [0.2, 0.25) is 0 Å². The number of hydrogen-bond donors (Lipinski definition) is 3. The Hall–Kier alpha value is -3.60. The van der Waals surface area contributed by atoms with E-state index in [1.165, 1.54) is 11.8 Å². The van der Waals surface area contributed by atoms with E-state index in [4.69, 9.17) is 0 Å².